The van der Waals surface area contributed by atoms with Gasteiger partial charge in [-0.3, -0.25) is 4.79 Å². The predicted molar refractivity (Wildman–Crippen MR) is 125 cm³/mol. The van der Waals surface area contributed by atoms with Crippen molar-refractivity contribution < 1.29 is 4.74 Å². The van der Waals surface area contributed by atoms with Gasteiger partial charge in [0.1, 0.15) is 17.9 Å². The van der Waals surface area contributed by atoms with Crippen LogP contribution in [0.25, 0.3) is 10.9 Å². The van der Waals surface area contributed by atoms with Gasteiger partial charge < -0.3 is 9.30 Å². The molecule has 4 aromatic rings. The lowest BCUT2D eigenvalue weighted by Crippen LogP contribution is -2.23. The van der Waals surface area contributed by atoms with Gasteiger partial charge in [0.2, 0.25) is 0 Å². The summed E-state index contributed by atoms with van der Waals surface area (Å²) in [5, 5.41) is 18.2. The SMILES string of the molecule is CCc1ccc(OCc2nnc(SCn3nnc4ccccc4c3=O)n2CC(C)C)cc1. The summed E-state index contributed by atoms with van der Waals surface area (Å²) >= 11 is 1.41. The second-order valence-corrected chi connectivity index (χ2v) is 8.79. The fourth-order valence-electron chi connectivity index (χ4n) is 3.28. The van der Waals surface area contributed by atoms with Crippen molar-refractivity contribution in [1.29, 1.82) is 0 Å². The number of nitrogens with zero attached hydrogens (tertiary/aromatic N) is 6. The van der Waals surface area contributed by atoms with Gasteiger partial charge in [0.05, 0.1) is 11.3 Å². The van der Waals surface area contributed by atoms with Gasteiger partial charge in [-0.05, 0) is 42.2 Å². The fourth-order valence-corrected chi connectivity index (χ4v) is 4.12. The third-order valence-electron chi connectivity index (χ3n) is 4.99. The maximum atomic E-state index is 12.7. The lowest BCUT2D eigenvalue weighted by molar-refractivity contribution is 0.284. The van der Waals surface area contributed by atoms with Gasteiger partial charge in [-0.15, -0.1) is 15.3 Å². The van der Waals surface area contributed by atoms with Crippen molar-refractivity contribution >= 4 is 22.7 Å². The Morgan fingerprint density at radius 3 is 2.56 bits per heavy atom. The Bertz CT molecular complexity index is 1250. The third kappa shape index (κ3) is 4.99. The summed E-state index contributed by atoms with van der Waals surface area (Å²) < 4.78 is 9.35. The number of rotatable bonds is 9. The van der Waals surface area contributed by atoms with Crippen LogP contribution >= 0.6 is 11.8 Å². The second kappa shape index (κ2) is 9.95. The average molecular weight is 451 g/mol. The quantitative estimate of drug-likeness (QED) is 0.357. The number of benzene rings is 2. The molecule has 9 heteroatoms. The Morgan fingerprint density at radius 2 is 1.81 bits per heavy atom. The summed E-state index contributed by atoms with van der Waals surface area (Å²) in [5.74, 6) is 2.24. The van der Waals surface area contributed by atoms with E-state index in [2.05, 4.69) is 58.0 Å². The summed E-state index contributed by atoms with van der Waals surface area (Å²) in [6, 6.07) is 15.3. The highest BCUT2D eigenvalue weighted by Gasteiger charge is 2.16. The molecule has 0 aliphatic rings. The number of aromatic nitrogens is 6. The van der Waals surface area contributed by atoms with Crippen LogP contribution in [0.5, 0.6) is 5.75 Å². The summed E-state index contributed by atoms with van der Waals surface area (Å²) in [6.07, 6.45) is 0.994. The van der Waals surface area contributed by atoms with Gasteiger partial charge in [-0.2, -0.15) is 4.68 Å². The highest BCUT2D eigenvalue weighted by Crippen LogP contribution is 2.21. The molecule has 0 atom stereocenters. The number of hydrogen-bond acceptors (Lipinski definition) is 7. The minimum absolute atomic E-state index is 0.169. The largest absolute Gasteiger partial charge is 0.486 e. The smallest absolute Gasteiger partial charge is 0.278 e. The minimum Gasteiger partial charge on any atom is -0.486 e. The molecule has 2 aromatic heterocycles. The lowest BCUT2D eigenvalue weighted by atomic mass is 10.2. The zero-order valence-electron chi connectivity index (χ0n) is 18.4. The molecular weight excluding hydrogens is 424 g/mol. The first-order chi connectivity index (χ1) is 15.5. The van der Waals surface area contributed by atoms with Crippen LogP contribution in [-0.4, -0.2) is 29.8 Å². The predicted octanol–water partition coefficient (Wildman–Crippen LogP) is 3.93. The Labute approximate surface area is 190 Å². The molecule has 32 heavy (non-hydrogen) atoms. The van der Waals surface area contributed by atoms with Gasteiger partial charge in [-0.1, -0.05) is 62.0 Å². The topological polar surface area (TPSA) is 87.7 Å². The molecule has 8 nitrogen and oxygen atoms in total. The zero-order chi connectivity index (χ0) is 22.5. The van der Waals surface area contributed by atoms with Crippen molar-refractivity contribution in [1.82, 2.24) is 29.8 Å². The van der Waals surface area contributed by atoms with Crippen LogP contribution in [0.1, 0.15) is 32.2 Å². The summed E-state index contributed by atoms with van der Waals surface area (Å²) in [6.45, 7) is 7.48. The van der Waals surface area contributed by atoms with Crippen LogP contribution in [0.3, 0.4) is 0 Å². The molecule has 0 spiro atoms. The van der Waals surface area contributed by atoms with Crippen LogP contribution in [0.4, 0.5) is 0 Å². The molecule has 0 radical (unpaired) electrons. The van der Waals surface area contributed by atoms with E-state index in [0.29, 0.717) is 29.3 Å². The van der Waals surface area contributed by atoms with E-state index in [1.54, 1.807) is 12.1 Å². The molecule has 2 aromatic carbocycles. The van der Waals surface area contributed by atoms with Gasteiger partial charge >= 0.3 is 0 Å². The molecular formula is C23H26N6O2S. The molecule has 0 amide bonds. The van der Waals surface area contributed by atoms with Gasteiger partial charge in [0.15, 0.2) is 11.0 Å². The van der Waals surface area contributed by atoms with E-state index in [1.165, 1.54) is 22.0 Å². The number of fused-ring (bicyclic) bond motifs is 1. The standard InChI is InChI=1S/C23H26N6O2S/c1-4-17-9-11-18(12-10-17)31-14-21-25-26-23(28(21)13-16(2)3)32-15-29-22(30)19-7-5-6-8-20(19)24-27-29/h5-12,16H,4,13-15H2,1-3H3. The van der Waals surface area contributed by atoms with Gasteiger partial charge in [-0.25, -0.2) is 0 Å². The summed E-state index contributed by atoms with van der Waals surface area (Å²) in [7, 11) is 0. The molecule has 166 valence electrons. The van der Waals surface area contributed by atoms with Crippen molar-refractivity contribution in [3.8, 4) is 5.75 Å². The van der Waals surface area contributed by atoms with E-state index in [-0.39, 0.29) is 5.56 Å². The molecule has 0 N–H and O–H groups in total. The van der Waals surface area contributed by atoms with Crippen LogP contribution in [-0.2, 0) is 25.4 Å². The van der Waals surface area contributed by atoms with Gasteiger partial charge in [0, 0.05) is 6.54 Å². The number of thioether (sulfide) groups is 1. The van der Waals surface area contributed by atoms with Crippen LogP contribution in [0.15, 0.2) is 58.5 Å². The maximum Gasteiger partial charge on any atom is 0.278 e. The van der Waals surface area contributed by atoms with E-state index in [1.807, 2.05) is 24.3 Å². The molecule has 0 aliphatic carbocycles. The Kier molecular flexibility index (Phi) is 6.84. The molecule has 0 fully saturated rings. The van der Waals surface area contributed by atoms with Crippen LogP contribution < -0.4 is 10.3 Å². The summed E-state index contributed by atoms with van der Waals surface area (Å²) in [5.41, 5.74) is 1.69. The van der Waals surface area contributed by atoms with Crippen molar-refractivity contribution in [2.24, 2.45) is 5.92 Å². The molecule has 0 unspecified atom stereocenters. The monoisotopic (exact) mass is 450 g/mol. The van der Waals surface area contributed by atoms with Crippen molar-refractivity contribution in [2.45, 2.75) is 51.4 Å². The Balaban J connectivity index is 1.50. The first-order valence-electron chi connectivity index (χ1n) is 10.6. The number of ether oxygens (including phenoxy) is 1. The van der Waals surface area contributed by atoms with E-state index in [9.17, 15) is 4.79 Å². The maximum absolute atomic E-state index is 12.7. The normalized spacial score (nSPS) is 11.4. The van der Waals surface area contributed by atoms with Crippen LogP contribution in [0, 0.1) is 5.92 Å². The van der Waals surface area contributed by atoms with E-state index >= 15 is 0 Å². The minimum atomic E-state index is -0.169. The summed E-state index contributed by atoms with van der Waals surface area (Å²) in [4.78, 5) is 12.7. The Hall–Kier alpha value is -3.20. The molecule has 2 heterocycles. The molecule has 4 rings (SSSR count). The van der Waals surface area contributed by atoms with E-state index in [4.69, 9.17) is 4.74 Å². The highest BCUT2D eigenvalue weighted by molar-refractivity contribution is 7.98. The second-order valence-electron chi connectivity index (χ2n) is 7.87. The van der Waals surface area contributed by atoms with Crippen LogP contribution in [0.2, 0.25) is 0 Å². The first-order valence-corrected chi connectivity index (χ1v) is 11.6. The molecule has 0 saturated heterocycles. The third-order valence-corrected chi connectivity index (χ3v) is 5.92. The Morgan fingerprint density at radius 1 is 1.03 bits per heavy atom. The van der Waals surface area contributed by atoms with Crippen molar-refractivity contribution in [2.75, 3.05) is 0 Å². The molecule has 0 saturated carbocycles. The number of hydrogen-bond donors (Lipinski definition) is 0. The average Bonchev–Trinajstić information content (AvgIpc) is 3.18. The molecule has 0 aliphatic heterocycles. The van der Waals surface area contributed by atoms with Gasteiger partial charge in [0.25, 0.3) is 5.56 Å². The van der Waals surface area contributed by atoms with E-state index < -0.39 is 0 Å². The molecule has 0 bridgehead atoms. The van der Waals surface area contributed by atoms with Crippen molar-refractivity contribution in [3.05, 3.63) is 70.3 Å². The fraction of sp³-hybridized carbons (Fsp3) is 0.348. The first kappa shape index (κ1) is 22.0. The zero-order valence-corrected chi connectivity index (χ0v) is 19.2. The highest BCUT2D eigenvalue weighted by atomic mass is 32.2. The lowest BCUT2D eigenvalue weighted by Gasteiger charge is -2.13. The number of aryl methyl sites for hydroxylation is 1. The van der Waals surface area contributed by atoms with Crippen molar-refractivity contribution in [3.63, 3.8) is 0 Å². The van der Waals surface area contributed by atoms with E-state index in [0.717, 1.165) is 29.7 Å².